The zero-order chi connectivity index (χ0) is 25.3. The third kappa shape index (κ3) is 5.03. The first-order valence-corrected chi connectivity index (χ1v) is 12.3. The van der Waals surface area contributed by atoms with E-state index in [-0.39, 0.29) is 10.8 Å². The number of hydrogen-bond donors (Lipinski definition) is 1. The highest BCUT2D eigenvalue weighted by molar-refractivity contribution is 7.17. The predicted octanol–water partition coefficient (Wildman–Crippen LogP) is 5.68. The highest BCUT2D eigenvalue weighted by Crippen LogP contribution is 2.46. The molecule has 7 nitrogen and oxygen atoms in total. The third-order valence-corrected chi connectivity index (χ3v) is 7.39. The van der Waals surface area contributed by atoms with Gasteiger partial charge >= 0.3 is 0 Å². The number of carbonyl (C=O) groups is 1. The minimum atomic E-state index is -0.861. The molecule has 0 saturated heterocycles. The zero-order valence-electron chi connectivity index (χ0n) is 20.6. The van der Waals surface area contributed by atoms with Gasteiger partial charge in [0.2, 0.25) is 6.04 Å². The van der Waals surface area contributed by atoms with Crippen LogP contribution in [0.1, 0.15) is 59.5 Å². The highest BCUT2D eigenvalue weighted by atomic mass is 32.1. The van der Waals surface area contributed by atoms with E-state index in [0.717, 1.165) is 21.6 Å². The van der Waals surface area contributed by atoms with Crippen molar-refractivity contribution in [1.29, 1.82) is 0 Å². The van der Waals surface area contributed by atoms with E-state index in [1.807, 2.05) is 69.3 Å². The van der Waals surface area contributed by atoms with Crippen molar-refractivity contribution < 1.29 is 19.2 Å². The van der Waals surface area contributed by atoms with Gasteiger partial charge in [-0.1, -0.05) is 30.3 Å². The number of benzene rings is 2. The number of hydrogen-bond acceptors (Lipinski definition) is 6. The molecular formula is C27H30N2O5S. The Morgan fingerprint density at radius 2 is 1.71 bits per heavy atom. The maximum Gasteiger partial charge on any atom is 0.262 e. The number of thiophene rings is 1. The topological polar surface area (TPSA) is 90.7 Å². The van der Waals surface area contributed by atoms with Crippen LogP contribution in [0.3, 0.4) is 0 Å². The van der Waals surface area contributed by atoms with Gasteiger partial charge in [-0.05, 0) is 67.6 Å². The Kier molecular flexibility index (Phi) is 6.85. The summed E-state index contributed by atoms with van der Waals surface area (Å²) in [6.45, 7) is 5.76. The standard InChI is InChI=1S/C27H30N2O5S/c1-27(2,3)28-26(30)25-19(15-23(35-25)16-9-7-6-8-10-16)24-18-14-22(34-5)21(33-4)13-17(18)11-12-20(24)29(31)32/h6-10,13-15,20,24H,11-12H2,1-5H3,(H,28,30)/t20-,24+/m0/s1. The first-order valence-electron chi connectivity index (χ1n) is 11.5. The molecule has 184 valence electrons. The molecule has 1 aromatic heterocycles. The lowest BCUT2D eigenvalue weighted by Gasteiger charge is -2.30. The van der Waals surface area contributed by atoms with Crippen LogP contribution in [0.2, 0.25) is 0 Å². The van der Waals surface area contributed by atoms with Crippen molar-refractivity contribution >= 4 is 17.2 Å². The summed E-state index contributed by atoms with van der Waals surface area (Å²) < 4.78 is 11.0. The van der Waals surface area contributed by atoms with Gasteiger partial charge in [0.25, 0.3) is 5.91 Å². The van der Waals surface area contributed by atoms with Gasteiger partial charge in [-0.3, -0.25) is 14.9 Å². The SMILES string of the molecule is COc1cc2c(cc1OC)[C@H](c1cc(-c3ccccc3)sc1C(=O)NC(C)(C)C)[C@@H]([N+](=O)[O-])CC2. The Labute approximate surface area is 209 Å². The monoisotopic (exact) mass is 494 g/mol. The molecule has 35 heavy (non-hydrogen) atoms. The fourth-order valence-corrected chi connectivity index (χ4v) is 5.78. The molecule has 1 heterocycles. The first kappa shape index (κ1) is 24.7. The Balaban J connectivity index is 1.94. The number of nitro groups is 1. The van der Waals surface area contributed by atoms with Crippen LogP contribution in [-0.2, 0) is 6.42 Å². The largest absolute Gasteiger partial charge is 0.493 e. The summed E-state index contributed by atoms with van der Waals surface area (Å²) in [5.74, 6) is 0.280. The molecule has 1 aliphatic carbocycles. The molecule has 0 bridgehead atoms. The molecule has 0 spiro atoms. The van der Waals surface area contributed by atoms with Gasteiger partial charge in [-0.25, -0.2) is 0 Å². The van der Waals surface area contributed by atoms with Crippen molar-refractivity contribution in [2.75, 3.05) is 14.2 Å². The van der Waals surface area contributed by atoms with Crippen LogP contribution >= 0.6 is 11.3 Å². The van der Waals surface area contributed by atoms with E-state index in [1.54, 1.807) is 14.2 Å². The van der Waals surface area contributed by atoms with Crippen LogP contribution in [0.15, 0.2) is 48.5 Å². The number of nitrogens with zero attached hydrogens (tertiary/aromatic N) is 1. The Hall–Kier alpha value is -3.39. The summed E-state index contributed by atoms with van der Waals surface area (Å²) in [7, 11) is 3.12. The second-order valence-corrected chi connectivity index (χ2v) is 10.8. The minimum Gasteiger partial charge on any atom is -0.493 e. The molecule has 0 saturated carbocycles. The number of nitrogens with one attached hydrogen (secondary N) is 1. The molecule has 1 N–H and O–H groups in total. The fourth-order valence-electron chi connectivity index (χ4n) is 4.68. The molecule has 4 rings (SSSR count). The van der Waals surface area contributed by atoms with Gasteiger partial charge < -0.3 is 14.8 Å². The van der Waals surface area contributed by atoms with Gasteiger partial charge in [0.15, 0.2) is 11.5 Å². The van der Waals surface area contributed by atoms with E-state index in [4.69, 9.17) is 9.47 Å². The molecule has 0 fully saturated rings. The van der Waals surface area contributed by atoms with Crippen LogP contribution in [0, 0.1) is 10.1 Å². The van der Waals surface area contributed by atoms with Crippen molar-refractivity contribution in [3.8, 4) is 21.9 Å². The summed E-state index contributed by atoms with van der Waals surface area (Å²) in [4.78, 5) is 26.9. The number of carbonyl (C=O) groups excluding carboxylic acids is 1. The van der Waals surface area contributed by atoms with E-state index >= 15 is 0 Å². The van der Waals surface area contributed by atoms with Gasteiger partial charge in [0, 0.05) is 21.8 Å². The number of rotatable bonds is 6. The van der Waals surface area contributed by atoms with Gasteiger partial charge in [-0.2, -0.15) is 0 Å². The molecule has 1 amide bonds. The number of aryl methyl sites for hydroxylation is 1. The van der Waals surface area contributed by atoms with Crippen molar-refractivity contribution in [2.24, 2.45) is 0 Å². The average Bonchev–Trinajstić information content (AvgIpc) is 3.27. The van der Waals surface area contributed by atoms with Gasteiger partial charge in [0.05, 0.1) is 25.0 Å². The lowest BCUT2D eigenvalue weighted by atomic mass is 9.75. The van der Waals surface area contributed by atoms with Crippen LogP contribution in [0.5, 0.6) is 11.5 Å². The van der Waals surface area contributed by atoms with Gasteiger partial charge in [-0.15, -0.1) is 11.3 Å². The van der Waals surface area contributed by atoms with Crippen molar-refractivity contribution in [1.82, 2.24) is 5.32 Å². The second kappa shape index (κ2) is 9.70. The van der Waals surface area contributed by atoms with Crippen LogP contribution < -0.4 is 14.8 Å². The lowest BCUT2D eigenvalue weighted by molar-refractivity contribution is -0.526. The normalized spacial score (nSPS) is 17.4. The molecule has 0 unspecified atom stereocenters. The molecule has 8 heteroatoms. The second-order valence-electron chi connectivity index (χ2n) is 9.74. The smallest absolute Gasteiger partial charge is 0.262 e. The molecule has 1 aliphatic rings. The first-order chi connectivity index (χ1) is 16.6. The molecule has 0 radical (unpaired) electrons. The molecular weight excluding hydrogens is 464 g/mol. The van der Waals surface area contributed by atoms with Crippen molar-refractivity contribution in [2.45, 2.75) is 51.1 Å². The van der Waals surface area contributed by atoms with Crippen molar-refractivity contribution in [3.63, 3.8) is 0 Å². The van der Waals surface area contributed by atoms with Crippen LogP contribution in [0.25, 0.3) is 10.4 Å². The number of methoxy groups -OCH3 is 2. The van der Waals surface area contributed by atoms with E-state index in [0.29, 0.717) is 34.8 Å². The Morgan fingerprint density at radius 1 is 1.06 bits per heavy atom. The molecule has 3 aromatic rings. The summed E-state index contributed by atoms with van der Waals surface area (Å²) >= 11 is 1.37. The van der Waals surface area contributed by atoms with Crippen molar-refractivity contribution in [3.05, 3.63) is 80.2 Å². The minimum absolute atomic E-state index is 0.213. The molecule has 2 atom stereocenters. The van der Waals surface area contributed by atoms with Crippen LogP contribution in [0.4, 0.5) is 0 Å². The summed E-state index contributed by atoms with van der Waals surface area (Å²) in [6.07, 6.45) is 0.925. The summed E-state index contributed by atoms with van der Waals surface area (Å²) in [5, 5.41) is 15.3. The fraction of sp³-hybridized carbons (Fsp3) is 0.370. The average molecular weight is 495 g/mol. The maximum atomic E-state index is 13.5. The van der Waals surface area contributed by atoms with E-state index in [1.165, 1.54) is 11.3 Å². The quantitative estimate of drug-likeness (QED) is 0.351. The third-order valence-electron chi connectivity index (χ3n) is 6.19. The maximum absolute atomic E-state index is 13.5. The Bertz CT molecular complexity index is 1250. The summed E-state index contributed by atoms with van der Waals surface area (Å²) in [6, 6.07) is 14.6. The number of amides is 1. The van der Waals surface area contributed by atoms with Crippen LogP contribution in [-0.4, -0.2) is 36.6 Å². The number of fused-ring (bicyclic) bond motifs is 1. The molecule has 0 aliphatic heterocycles. The molecule has 2 aromatic carbocycles. The highest BCUT2D eigenvalue weighted by Gasteiger charge is 2.42. The van der Waals surface area contributed by atoms with E-state index in [2.05, 4.69) is 5.32 Å². The lowest BCUT2D eigenvalue weighted by Crippen LogP contribution is -2.41. The number of ether oxygens (including phenoxy) is 2. The van der Waals surface area contributed by atoms with E-state index < -0.39 is 17.5 Å². The Morgan fingerprint density at radius 3 is 2.31 bits per heavy atom. The zero-order valence-corrected chi connectivity index (χ0v) is 21.4. The van der Waals surface area contributed by atoms with Gasteiger partial charge in [0.1, 0.15) is 0 Å². The predicted molar refractivity (Wildman–Crippen MR) is 137 cm³/mol. The summed E-state index contributed by atoms with van der Waals surface area (Å²) in [5.41, 5.74) is 2.97. The van der Waals surface area contributed by atoms with E-state index in [9.17, 15) is 14.9 Å².